The number of benzene rings is 2. The van der Waals surface area contributed by atoms with E-state index in [4.69, 9.17) is 23.9 Å². The van der Waals surface area contributed by atoms with Crippen LogP contribution in [0, 0.1) is 0 Å². The number of rotatable bonds is 9. The van der Waals surface area contributed by atoms with Crippen molar-refractivity contribution < 1.29 is 23.7 Å². The van der Waals surface area contributed by atoms with E-state index in [0.717, 1.165) is 10.9 Å². The van der Waals surface area contributed by atoms with Gasteiger partial charge in [-0.3, -0.25) is 9.59 Å². The summed E-state index contributed by atoms with van der Waals surface area (Å²) in [6, 6.07) is 8.84. The van der Waals surface area contributed by atoms with Crippen molar-refractivity contribution in [3.05, 3.63) is 56.5 Å². The molecule has 0 spiro atoms. The third-order valence-electron chi connectivity index (χ3n) is 6.40. The third-order valence-corrected chi connectivity index (χ3v) is 6.89. The van der Waals surface area contributed by atoms with Crippen LogP contribution in [-0.2, 0) is 9.53 Å². The topological polar surface area (TPSA) is 104 Å². The van der Waals surface area contributed by atoms with Crippen LogP contribution in [-0.4, -0.2) is 73.8 Å². The van der Waals surface area contributed by atoms with E-state index < -0.39 is 0 Å². The van der Waals surface area contributed by atoms with Gasteiger partial charge in [0.25, 0.3) is 11.5 Å². The number of carbonyl (C=O) groups excluding carboxylic acids is 1. The van der Waals surface area contributed by atoms with Gasteiger partial charge in [-0.1, -0.05) is 29.8 Å². The fraction of sp³-hybridized carbons (Fsp3) is 0.407. The zero-order valence-electron chi connectivity index (χ0n) is 21.9. The van der Waals surface area contributed by atoms with E-state index in [-0.39, 0.29) is 24.0 Å². The summed E-state index contributed by atoms with van der Waals surface area (Å²) >= 11 is 3.43. The van der Waals surface area contributed by atoms with Crippen molar-refractivity contribution in [2.75, 3.05) is 47.1 Å². The highest BCUT2D eigenvalue weighted by molar-refractivity contribution is 9.10. The monoisotopic (exact) mass is 586 g/mol. The van der Waals surface area contributed by atoms with Crippen LogP contribution in [0.2, 0.25) is 0 Å². The third kappa shape index (κ3) is 5.99. The van der Waals surface area contributed by atoms with Crippen molar-refractivity contribution in [2.24, 2.45) is 5.10 Å². The lowest BCUT2D eigenvalue weighted by Gasteiger charge is -2.27. The Kier molecular flexibility index (Phi) is 9.01. The quantitative estimate of drug-likeness (QED) is 0.351. The first-order chi connectivity index (χ1) is 18.4. The minimum Gasteiger partial charge on any atom is -0.493 e. The number of hydrogen-bond donors (Lipinski definition) is 0. The van der Waals surface area contributed by atoms with E-state index in [9.17, 15) is 9.59 Å². The molecule has 1 aromatic heterocycles. The normalized spacial score (nSPS) is 14.6. The summed E-state index contributed by atoms with van der Waals surface area (Å²) in [5.41, 5.74) is 0.974. The highest BCUT2D eigenvalue weighted by Gasteiger charge is 2.21. The lowest BCUT2D eigenvalue weighted by atomic mass is 10.1. The molecular formula is C27H31BrN4O6. The molecule has 1 saturated heterocycles. The summed E-state index contributed by atoms with van der Waals surface area (Å²) in [6.45, 7) is 5.97. The van der Waals surface area contributed by atoms with Gasteiger partial charge in [-0.05, 0) is 36.8 Å². The van der Waals surface area contributed by atoms with E-state index in [2.05, 4.69) is 21.0 Å². The van der Waals surface area contributed by atoms with Gasteiger partial charge in [0.05, 0.1) is 44.6 Å². The van der Waals surface area contributed by atoms with Gasteiger partial charge < -0.3 is 23.8 Å². The van der Waals surface area contributed by atoms with Gasteiger partial charge in [-0.2, -0.15) is 9.78 Å². The maximum absolute atomic E-state index is 13.4. The Bertz CT molecular complexity index is 1380. The molecule has 11 heteroatoms. The zero-order valence-corrected chi connectivity index (χ0v) is 23.5. The predicted molar refractivity (Wildman–Crippen MR) is 148 cm³/mol. The highest BCUT2D eigenvalue weighted by atomic mass is 79.9. The van der Waals surface area contributed by atoms with Crippen LogP contribution in [0.4, 0.5) is 0 Å². The number of carbonyl (C=O) groups is 1. The largest absolute Gasteiger partial charge is 0.493 e. The Labute approximate surface area is 229 Å². The Hall–Kier alpha value is -3.44. The molecule has 0 saturated carbocycles. The fourth-order valence-corrected chi connectivity index (χ4v) is 4.42. The summed E-state index contributed by atoms with van der Waals surface area (Å²) in [6.07, 6.45) is 2.34. The lowest BCUT2D eigenvalue weighted by Crippen LogP contribution is -2.43. The van der Waals surface area contributed by atoms with E-state index >= 15 is 0 Å². The van der Waals surface area contributed by atoms with Crippen molar-refractivity contribution in [2.45, 2.75) is 26.2 Å². The molecule has 3 aromatic rings. The maximum atomic E-state index is 13.4. The Morgan fingerprint density at radius 2 is 1.87 bits per heavy atom. The zero-order chi connectivity index (χ0) is 27.2. The van der Waals surface area contributed by atoms with Crippen molar-refractivity contribution in [3.8, 4) is 17.2 Å². The fourth-order valence-electron chi connectivity index (χ4n) is 4.06. The number of halogens is 1. The Morgan fingerprint density at radius 1 is 1.18 bits per heavy atom. The molecule has 0 bridgehead atoms. The summed E-state index contributed by atoms with van der Waals surface area (Å²) in [5.74, 6) is 1.49. The second-order valence-corrected chi connectivity index (χ2v) is 9.75. The van der Waals surface area contributed by atoms with Gasteiger partial charge in [0, 0.05) is 29.0 Å². The molecule has 202 valence electrons. The molecule has 1 aliphatic heterocycles. The van der Waals surface area contributed by atoms with Gasteiger partial charge in [0.2, 0.25) is 5.75 Å². The minimum absolute atomic E-state index is 0.0109. The van der Waals surface area contributed by atoms with Gasteiger partial charge in [-0.15, -0.1) is 0 Å². The van der Waals surface area contributed by atoms with Gasteiger partial charge in [-0.25, -0.2) is 4.98 Å². The van der Waals surface area contributed by atoms with Crippen LogP contribution < -0.4 is 19.8 Å². The average Bonchev–Trinajstić information content (AvgIpc) is 2.95. The van der Waals surface area contributed by atoms with Gasteiger partial charge in [0.15, 0.2) is 18.1 Å². The molecule has 2 heterocycles. The summed E-state index contributed by atoms with van der Waals surface area (Å²) in [5, 5.41) is 4.98. The van der Waals surface area contributed by atoms with Gasteiger partial charge >= 0.3 is 0 Å². The molecule has 2 aromatic carbocycles. The first-order valence-electron chi connectivity index (χ1n) is 12.4. The lowest BCUT2D eigenvalue weighted by molar-refractivity contribution is -0.137. The summed E-state index contributed by atoms with van der Waals surface area (Å²) in [7, 11) is 3.01. The second kappa shape index (κ2) is 12.4. The smallest absolute Gasteiger partial charge is 0.282 e. The second-order valence-electron chi connectivity index (χ2n) is 8.84. The van der Waals surface area contributed by atoms with Crippen LogP contribution in [0.3, 0.4) is 0 Å². The molecule has 0 unspecified atom stereocenters. The molecule has 38 heavy (non-hydrogen) atoms. The molecule has 0 N–H and O–H groups in total. The molecule has 4 rings (SSSR count). The molecule has 0 radical (unpaired) electrons. The molecule has 1 aliphatic rings. The van der Waals surface area contributed by atoms with Crippen LogP contribution in [0.1, 0.15) is 37.6 Å². The van der Waals surface area contributed by atoms with Crippen molar-refractivity contribution in [3.63, 3.8) is 0 Å². The Morgan fingerprint density at radius 3 is 2.50 bits per heavy atom. The highest BCUT2D eigenvalue weighted by Crippen LogP contribution is 2.38. The van der Waals surface area contributed by atoms with Crippen molar-refractivity contribution in [1.29, 1.82) is 0 Å². The van der Waals surface area contributed by atoms with E-state index in [1.54, 1.807) is 29.3 Å². The van der Waals surface area contributed by atoms with Crippen LogP contribution in [0.5, 0.6) is 17.2 Å². The molecular weight excluding hydrogens is 556 g/mol. The van der Waals surface area contributed by atoms with Crippen LogP contribution >= 0.6 is 15.9 Å². The molecule has 1 atom stereocenters. The van der Waals surface area contributed by atoms with E-state index in [1.165, 1.54) is 18.9 Å². The van der Waals surface area contributed by atoms with Gasteiger partial charge in [0.1, 0.15) is 5.82 Å². The molecule has 10 nitrogen and oxygen atoms in total. The SMILES string of the molecule is CC[C@H](C)c1nc2ccc(Br)cc2c(=O)n1N=Cc1cc(OC)c(OCC(=O)N2CCOCC2)c(OC)c1. The summed E-state index contributed by atoms with van der Waals surface area (Å²) in [4.78, 5) is 32.4. The summed E-state index contributed by atoms with van der Waals surface area (Å²) < 4.78 is 24.3. The first kappa shape index (κ1) is 27.6. The first-order valence-corrected chi connectivity index (χ1v) is 13.2. The standard InChI is InChI=1S/C27H31BrN4O6/c1-5-17(2)26-30-21-7-6-19(28)14-20(21)27(34)32(26)29-15-18-12-22(35-3)25(23(13-18)36-4)38-16-24(33)31-8-10-37-11-9-31/h6-7,12-15,17H,5,8-11,16H2,1-4H3/t17-/m0/s1. The minimum atomic E-state index is -0.261. The predicted octanol–water partition coefficient (Wildman–Crippen LogP) is 3.81. The van der Waals surface area contributed by atoms with Crippen LogP contribution in [0.25, 0.3) is 10.9 Å². The number of aromatic nitrogens is 2. The number of morpholine rings is 1. The average molecular weight is 587 g/mol. The number of amides is 1. The van der Waals surface area contributed by atoms with E-state index in [0.29, 0.717) is 65.8 Å². The number of nitrogens with zero attached hydrogens (tertiary/aromatic N) is 4. The maximum Gasteiger partial charge on any atom is 0.282 e. The molecule has 0 aliphatic carbocycles. The molecule has 1 fully saturated rings. The Balaban J connectivity index is 1.66. The number of fused-ring (bicyclic) bond motifs is 1. The molecule has 1 amide bonds. The number of methoxy groups -OCH3 is 2. The van der Waals surface area contributed by atoms with Crippen molar-refractivity contribution >= 4 is 39.0 Å². The van der Waals surface area contributed by atoms with Crippen LogP contribution in [0.15, 0.2) is 44.7 Å². The van der Waals surface area contributed by atoms with Crippen molar-refractivity contribution in [1.82, 2.24) is 14.6 Å². The van der Waals surface area contributed by atoms with E-state index in [1.807, 2.05) is 26.0 Å². The number of ether oxygens (including phenoxy) is 4. The number of hydrogen-bond acceptors (Lipinski definition) is 8.